The lowest BCUT2D eigenvalue weighted by molar-refractivity contribution is -0.113. The number of aryl methyl sites for hydroxylation is 2. The summed E-state index contributed by atoms with van der Waals surface area (Å²) in [6, 6.07) is 12.3. The fourth-order valence-electron chi connectivity index (χ4n) is 3.12. The second-order valence-electron chi connectivity index (χ2n) is 6.56. The molecule has 1 aliphatic carbocycles. The number of H-pyrrole nitrogens is 1. The van der Waals surface area contributed by atoms with Crippen LogP contribution in [0.15, 0.2) is 47.6 Å². The number of benzene rings is 2. The van der Waals surface area contributed by atoms with Gasteiger partial charge < -0.3 is 5.32 Å². The molecule has 142 valence electrons. The van der Waals surface area contributed by atoms with Gasteiger partial charge in [-0.25, -0.2) is 9.37 Å². The van der Waals surface area contributed by atoms with Crippen LogP contribution in [0.2, 0.25) is 0 Å². The van der Waals surface area contributed by atoms with E-state index >= 15 is 0 Å². The molecule has 0 atom stereocenters. The second-order valence-corrected chi connectivity index (χ2v) is 7.50. The van der Waals surface area contributed by atoms with E-state index in [4.69, 9.17) is 0 Å². The molecule has 1 amide bonds. The van der Waals surface area contributed by atoms with Crippen LogP contribution in [0.25, 0.3) is 12.2 Å². The van der Waals surface area contributed by atoms with Gasteiger partial charge in [0.15, 0.2) is 0 Å². The SMILES string of the molecule is O=C(CSc1n[nH]c(/C=C/c2ccc(F)cc2)n1)Nc1ccc2c(c1)CCC2. The Kier molecular flexibility index (Phi) is 5.53. The highest BCUT2D eigenvalue weighted by Crippen LogP contribution is 2.25. The molecule has 7 heteroatoms. The van der Waals surface area contributed by atoms with Gasteiger partial charge in [-0.1, -0.05) is 36.0 Å². The third kappa shape index (κ3) is 4.67. The zero-order valence-corrected chi connectivity index (χ0v) is 15.9. The summed E-state index contributed by atoms with van der Waals surface area (Å²) in [7, 11) is 0. The molecule has 5 nitrogen and oxygen atoms in total. The Balaban J connectivity index is 1.29. The number of halogens is 1. The van der Waals surface area contributed by atoms with Crippen LogP contribution in [0.4, 0.5) is 10.1 Å². The van der Waals surface area contributed by atoms with E-state index in [0.717, 1.165) is 24.1 Å². The Hall–Kier alpha value is -2.93. The summed E-state index contributed by atoms with van der Waals surface area (Å²) in [4.78, 5) is 16.5. The van der Waals surface area contributed by atoms with Gasteiger partial charge in [0.25, 0.3) is 0 Å². The van der Waals surface area contributed by atoms with Crippen molar-refractivity contribution in [3.63, 3.8) is 0 Å². The molecule has 1 heterocycles. The predicted octanol–water partition coefficient (Wildman–Crippen LogP) is 4.33. The number of nitrogens with one attached hydrogen (secondary N) is 2. The van der Waals surface area contributed by atoms with Crippen molar-refractivity contribution in [2.75, 3.05) is 11.1 Å². The zero-order chi connectivity index (χ0) is 19.3. The fourth-order valence-corrected chi connectivity index (χ4v) is 3.73. The first-order valence-corrected chi connectivity index (χ1v) is 10.0. The molecule has 1 aliphatic rings. The number of carbonyl (C=O) groups excluding carboxylic acids is 1. The van der Waals surface area contributed by atoms with Crippen LogP contribution in [0.3, 0.4) is 0 Å². The molecule has 1 aromatic heterocycles. The average molecular weight is 394 g/mol. The number of aromatic nitrogens is 3. The maximum Gasteiger partial charge on any atom is 0.234 e. The summed E-state index contributed by atoms with van der Waals surface area (Å²) in [6.45, 7) is 0. The van der Waals surface area contributed by atoms with Gasteiger partial charge in [0.05, 0.1) is 5.75 Å². The average Bonchev–Trinajstić information content (AvgIpc) is 3.35. The van der Waals surface area contributed by atoms with Crippen molar-refractivity contribution in [2.45, 2.75) is 24.4 Å². The van der Waals surface area contributed by atoms with Crippen LogP contribution in [0.1, 0.15) is 28.9 Å². The molecule has 0 aliphatic heterocycles. The van der Waals surface area contributed by atoms with Crippen molar-refractivity contribution >= 4 is 35.5 Å². The lowest BCUT2D eigenvalue weighted by atomic mass is 10.1. The number of carbonyl (C=O) groups is 1. The van der Waals surface area contributed by atoms with E-state index in [2.05, 4.69) is 32.6 Å². The van der Waals surface area contributed by atoms with Crippen molar-refractivity contribution in [2.24, 2.45) is 0 Å². The van der Waals surface area contributed by atoms with E-state index in [1.54, 1.807) is 18.2 Å². The standard InChI is InChI=1S/C21H19FN4OS/c22-17-8-4-14(5-9-17)6-11-19-24-21(26-25-19)28-13-20(27)23-18-10-7-15-2-1-3-16(15)12-18/h4-12H,1-3,13H2,(H,23,27)(H,24,25,26)/b11-6+. The third-order valence-corrected chi connectivity index (χ3v) is 5.35. The van der Waals surface area contributed by atoms with Crippen LogP contribution in [-0.4, -0.2) is 26.8 Å². The Bertz CT molecular complexity index is 1010. The molecule has 0 unspecified atom stereocenters. The maximum absolute atomic E-state index is 12.9. The van der Waals surface area contributed by atoms with E-state index < -0.39 is 0 Å². The van der Waals surface area contributed by atoms with E-state index in [0.29, 0.717) is 11.0 Å². The summed E-state index contributed by atoms with van der Waals surface area (Å²) in [5.41, 5.74) is 4.41. The Morgan fingerprint density at radius 3 is 2.82 bits per heavy atom. The summed E-state index contributed by atoms with van der Waals surface area (Å²) in [5.74, 6) is 0.450. The summed E-state index contributed by atoms with van der Waals surface area (Å²) in [5, 5.41) is 10.4. The fraction of sp³-hybridized carbons (Fsp3) is 0.190. The van der Waals surface area contributed by atoms with E-state index in [1.807, 2.05) is 12.1 Å². The molecular formula is C21H19FN4OS. The largest absolute Gasteiger partial charge is 0.325 e. The summed E-state index contributed by atoms with van der Waals surface area (Å²) >= 11 is 1.27. The first kappa shape index (κ1) is 18.4. The minimum Gasteiger partial charge on any atom is -0.325 e. The molecule has 28 heavy (non-hydrogen) atoms. The number of anilines is 1. The van der Waals surface area contributed by atoms with Crippen LogP contribution >= 0.6 is 11.8 Å². The van der Waals surface area contributed by atoms with Gasteiger partial charge in [-0.15, -0.1) is 5.10 Å². The predicted molar refractivity (Wildman–Crippen MR) is 110 cm³/mol. The van der Waals surface area contributed by atoms with Gasteiger partial charge >= 0.3 is 0 Å². The van der Waals surface area contributed by atoms with Gasteiger partial charge in [0, 0.05) is 5.69 Å². The number of hydrogen-bond donors (Lipinski definition) is 2. The molecule has 2 N–H and O–H groups in total. The normalized spacial score (nSPS) is 13.0. The van der Waals surface area contributed by atoms with Gasteiger partial charge in [-0.3, -0.25) is 9.89 Å². The molecular weight excluding hydrogens is 375 g/mol. The Labute approximate surface area is 166 Å². The lowest BCUT2D eigenvalue weighted by Gasteiger charge is -2.06. The molecule has 2 aromatic carbocycles. The number of thioether (sulfide) groups is 1. The summed E-state index contributed by atoms with van der Waals surface area (Å²) in [6.07, 6.45) is 6.97. The van der Waals surface area contributed by atoms with Crippen molar-refractivity contribution < 1.29 is 9.18 Å². The molecule has 3 aromatic rings. The zero-order valence-electron chi connectivity index (χ0n) is 15.1. The topological polar surface area (TPSA) is 70.7 Å². The lowest BCUT2D eigenvalue weighted by Crippen LogP contribution is -2.14. The minimum absolute atomic E-state index is 0.0869. The quantitative estimate of drug-likeness (QED) is 0.611. The van der Waals surface area contributed by atoms with E-state index in [9.17, 15) is 9.18 Å². The number of nitrogens with zero attached hydrogens (tertiary/aromatic N) is 2. The third-order valence-electron chi connectivity index (χ3n) is 4.50. The highest BCUT2D eigenvalue weighted by atomic mass is 32.2. The van der Waals surface area contributed by atoms with Crippen molar-refractivity contribution in [1.82, 2.24) is 15.2 Å². The number of fused-ring (bicyclic) bond motifs is 1. The maximum atomic E-state index is 12.9. The first-order valence-electron chi connectivity index (χ1n) is 9.06. The van der Waals surface area contributed by atoms with Gasteiger partial charge in [-0.2, -0.15) is 0 Å². The smallest absolute Gasteiger partial charge is 0.234 e. The van der Waals surface area contributed by atoms with Crippen LogP contribution < -0.4 is 5.32 Å². The van der Waals surface area contributed by atoms with Gasteiger partial charge in [-0.05, 0) is 66.3 Å². The van der Waals surface area contributed by atoms with Crippen LogP contribution in [-0.2, 0) is 17.6 Å². The summed E-state index contributed by atoms with van der Waals surface area (Å²) < 4.78 is 12.9. The minimum atomic E-state index is -0.270. The van der Waals surface area contributed by atoms with Crippen molar-refractivity contribution in [1.29, 1.82) is 0 Å². The van der Waals surface area contributed by atoms with Crippen LogP contribution in [0, 0.1) is 5.82 Å². The van der Waals surface area contributed by atoms with Crippen molar-refractivity contribution in [3.05, 3.63) is 70.8 Å². The second kappa shape index (κ2) is 8.39. The monoisotopic (exact) mass is 394 g/mol. The van der Waals surface area contributed by atoms with E-state index in [-0.39, 0.29) is 17.5 Å². The molecule has 0 fully saturated rings. The molecule has 0 saturated heterocycles. The number of aromatic amines is 1. The number of hydrogen-bond acceptors (Lipinski definition) is 4. The molecule has 0 saturated carbocycles. The van der Waals surface area contributed by atoms with Crippen molar-refractivity contribution in [3.8, 4) is 0 Å². The van der Waals surface area contributed by atoms with Gasteiger partial charge in [0.2, 0.25) is 11.1 Å². The first-order chi connectivity index (χ1) is 13.7. The molecule has 0 radical (unpaired) electrons. The molecule has 0 bridgehead atoms. The Morgan fingerprint density at radius 1 is 1.14 bits per heavy atom. The van der Waals surface area contributed by atoms with Crippen LogP contribution in [0.5, 0.6) is 0 Å². The highest BCUT2D eigenvalue weighted by Gasteiger charge is 2.12. The molecule has 0 spiro atoms. The number of rotatable bonds is 6. The highest BCUT2D eigenvalue weighted by molar-refractivity contribution is 7.99. The molecule has 4 rings (SSSR count). The van der Waals surface area contributed by atoms with E-state index in [1.165, 1.54) is 41.4 Å². The van der Waals surface area contributed by atoms with Gasteiger partial charge in [0.1, 0.15) is 11.6 Å². The number of amides is 1. The Morgan fingerprint density at radius 2 is 1.96 bits per heavy atom.